The van der Waals surface area contributed by atoms with Crippen molar-refractivity contribution >= 4 is 5.69 Å². The fourth-order valence-corrected chi connectivity index (χ4v) is 0.726. The topological polar surface area (TPSA) is 62.9 Å². The molecule has 0 aliphatic rings. The molecule has 0 saturated heterocycles. The maximum absolute atomic E-state index is 7.50. The van der Waals surface area contributed by atoms with Gasteiger partial charge in [-0.15, -0.1) is 0 Å². The average molecular weight is 257 g/mol. The van der Waals surface area contributed by atoms with Crippen LogP contribution in [-0.4, -0.2) is 14.1 Å². The summed E-state index contributed by atoms with van der Waals surface area (Å²) in [4.78, 5) is 2.08. The molecule has 0 atom stereocenters. The van der Waals surface area contributed by atoms with Crippen molar-refractivity contribution in [3.63, 3.8) is 0 Å². The Labute approximate surface area is 107 Å². The van der Waals surface area contributed by atoms with Crippen LogP contribution in [0.2, 0.25) is 0 Å². The van der Waals surface area contributed by atoms with Crippen LogP contribution in [-0.2, 0) is 31.3 Å². The van der Waals surface area contributed by atoms with Gasteiger partial charge in [-0.1, -0.05) is 18.2 Å². The summed E-state index contributed by atoms with van der Waals surface area (Å²) in [5.74, 6) is 0. The molecule has 0 aliphatic heterocycles. The van der Waals surface area contributed by atoms with E-state index in [4.69, 9.17) is 14.0 Å². The summed E-state index contributed by atoms with van der Waals surface area (Å²) in [5, 5.41) is 0. The first-order valence-electron chi connectivity index (χ1n) is 3.64. The van der Waals surface area contributed by atoms with Crippen molar-refractivity contribution in [3.8, 4) is 0 Å². The normalized spacial score (nSPS) is 5.50. The Bertz CT molecular complexity index is 266. The second kappa shape index (κ2) is 23.5. The van der Waals surface area contributed by atoms with Crippen LogP contribution >= 0.6 is 0 Å². The fraction of sp³-hybridized carbons (Fsp3) is 0.182. The first-order chi connectivity index (χ1) is 7.30. The van der Waals surface area contributed by atoms with Crippen molar-refractivity contribution in [2.75, 3.05) is 19.0 Å². The molecule has 0 fully saturated rings. The molecule has 0 heterocycles. The van der Waals surface area contributed by atoms with Crippen LogP contribution in [0.4, 0.5) is 5.69 Å². The van der Waals surface area contributed by atoms with Crippen molar-refractivity contribution < 1.29 is 31.3 Å². The third-order valence-corrected chi connectivity index (χ3v) is 1.27. The summed E-state index contributed by atoms with van der Waals surface area (Å²) in [5.41, 5.74) is 1.25. The molecule has 0 aromatic heterocycles. The van der Waals surface area contributed by atoms with Gasteiger partial charge in [0.05, 0.1) is 0 Å². The summed E-state index contributed by atoms with van der Waals surface area (Å²) in [6.45, 7) is 13.5. The molecule has 5 heteroatoms. The van der Waals surface area contributed by atoms with Gasteiger partial charge in [-0.05, 0) is 12.1 Å². The minimum Gasteiger partial charge on any atom is 0 e. The second-order valence-electron chi connectivity index (χ2n) is 2.23. The number of anilines is 1. The second-order valence-corrected chi connectivity index (χ2v) is 2.23. The SMILES string of the molecule is CN(C)c1ccccc1.[C-]#[O+].[C-]#[O+].[C-]#[O+].[Cr]. The zero-order valence-electron chi connectivity index (χ0n) is 8.97. The van der Waals surface area contributed by atoms with Gasteiger partial charge in [0.15, 0.2) is 0 Å². The van der Waals surface area contributed by atoms with Crippen molar-refractivity contribution in [2.45, 2.75) is 0 Å². The summed E-state index contributed by atoms with van der Waals surface area (Å²) in [7, 11) is 4.07. The fourth-order valence-electron chi connectivity index (χ4n) is 0.726. The monoisotopic (exact) mass is 257 g/mol. The molecule has 84 valence electrons. The summed E-state index contributed by atoms with van der Waals surface area (Å²) >= 11 is 0. The van der Waals surface area contributed by atoms with Crippen molar-refractivity contribution in [1.82, 2.24) is 0 Å². The number of rotatable bonds is 1. The molecule has 0 saturated carbocycles. The van der Waals surface area contributed by atoms with Gasteiger partial charge in [0.2, 0.25) is 0 Å². The number of hydrogen-bond acceptors (Lipinski definition) is 1. The van der Waals surface area contributed by atoms with E-state index in [1.54, 1.807) is 0 Å². The van der Waals surface area contributed by atoms with Crippen molar-refractivity contribution in [1.29, 1.82) is 0 Å². The molecular weight excluding hydrogens is 246 g/mol. The minimum atomic E-state index is 0. The standard InChI is InChI=1S/C8H11N.3CO.Cr/c1-9(2)8-6-4-3-5-7-8;3*1-2;/h3-7H,1-2H3;;;;. The van der Waals surface area contributed by atoms with Gasteiger partial charge in [0.1, 0.15) is 0 Å². The molecule has 0 amide bonds. The molecule has 1 aromatic rings. The molecule has 0 bridgehead atoms. The zero-order valence-corrected chi connectivity index (χ0v) is 10.2. The summed E-state index contributed by atoms with van der Waals surface area (Å²) in [6, 6.07) is 10.3. The molecule has 4 nitrogen and oxygen atoms in total. The van der Waals surface area contributed by atoms with Gasteiger partial charge >= 0.3 is 33.9 Å². The Morgan fingerprint density at radius 1 is 0.812 bits per heavy atom. The number of nitrogens with zero attached hydrogens (tertiary/aromatic N) is 1. The molecule has 0 spiro atoms. The van der Waals surface area contributed by atoms with Crippen LogP contribution < -0.4 is 4.90 Å². The molecule has 0 aliphatic carbocycles. The predicted molar refractivity (Wildman–Crippen MR) is 52.6 cm³/mol. The van der Waals surface area contributed by atoms with Gasteiger partial charge in [-0.2, -0.15) is 0 Å². The minimum absolute atomic E-state index is 0. The third-order valence-electron chi connectivity index (χ3n) is 1.27. The third kappa shape index (κ3) is 15.3. The van der Waals surface area contributed by atoms with Crippen LogP contribution in [0.25, 0.3) is 0 Å². The van der Waals surface area contributed by atoms with Gasteiger partial charge in [-0.3, -0.25) is 0 Å². The smallest absolute Gasteiger partial charge is 0 e. The van der Waals surface area contributed by atoms with Crippen LogP contribution in [0.5, 0.6) is 0 Å². The summed E-state index contributed by atoms with van der Waals surface area (Å²) < 4.78 is 22.5. The number of benzene rings is 1. The van der Waals surface area contributed by atoms with E-state index in [9.17, 15) is 0 Å². The molecule has 0 radical (unpaired) electrons. The first-order valence-corrected chi connectivity index (χ1v) is 3.64. The Balaban J connectivity index is -0.0000000900. The molecule has 1 aromatic carbocycles. The number of hydrogen-bond donors (Lipinski definition) is 0. The molecule has 0 unspecified atom stereocenters. The Kier molecular flexibility index (Phi) is 35.5. The van der Waals surface area contributed by atoms with E-state index >= 15 is 0 Å². The maximum Gasteiger partial charge on any atom is 0 e. The molecule has 16 heavy (non-hydrogen) atoms. The van der Waals surface area contributed by atoms with Crippen LogP contribution in [0.15, 0.2) is 30.3 Å². The maximum atomic E-state index is 7.50. The van der Waals surface area contributed by atoms with Crippen LogP contribution in [0, 0.1) is 20.0 Å². The molecule has 1 rings (SSSR count). The molecular formula is C11H11CrNO3. The van der Waals surface area contributed by atoms with Gasteiger partial charge in [0.25, 0.3) is 0 Å². The average Bonchev–Trinajstić information content (AvgIpc) is 2.38. The van der Waals surface area contributed by atoms with E-state index in [1.165, 1.54) is 5.69 Å². The Morgan fingerprint density at radius 2 is 1.12 bits per heavy atom. The zero-order chi connectivity index (χ0) is 12.7. The first kappa shape index (κ1) is 24.1. The van der Waals surface area contributed by atoms with Crippen LogP contribution in [0.1, 0.15) is 0 Å². The van der Waals surface area contributed by atoms with E-state index in [0.717, 1.165) is 0 Å². The number of para-hydroxylation sites is 1. The van der Waals surface area contributed by atoms with Crippen LogP contribution in [0.3, 0.4) is 0 Å². The van der Waals surface area contributed by atoms with E-state index in [2.05, 4.69) is 37.0 Å². The predicted octanol–water partition coefficient (Wildman–Crippen LogP) is 1.64. The van der Waals surface area contributed by atoms with E-state index in [1.807, 2.05) is 32.3 Å². The quantitative estimate of drug-likeness (QED) is 0.557. The van der Waals surface area contributed by atoms with Gasteiger partial charge < -0.3 is 4.90 Å². The summed E-state index contributed by atoms with van der Waals surface area (Å²) in [6.07, 6.45) is 0. The van der Waals surface area contributed by atoms with E-state index in [-0.39, 0.29) is 17.4 Å². The van der Waals surface area contributed by atoms with E-state index < -0.39 is 0 Å². The van der Waals surface area contributed by atoms with E-state index in [0.29, 0.717) is 0 Å². The Morgan fingerprint density at radius 3 is 1.31 bits per heavy atom. The van der Waals surface area contributed by atoms with Crippen molar-refractivity contribution in [2.24, 2.45) is 0 Å². The largest absolute Gasteiger partial charge is 0 e. The van der Waals surface area contributed by atoms with Gasteiger partial charge in [0, 0.05) is 37.1 Å². The van der Waals surface area contributed by atoms with Crippen molar-refractivity contribution in [3.05, 3.63) is 50.3 Å². The Hall–Kier alpha value is -1.23. The van der Waals surface area contributed by atoms with Gasteiger partial charge in [-0.25, -0.2) is 0 Å². The molecule has 0 N–H and O–H groups in total.